The Morgan fingerprint density at radius 3 is 1.81 bits per heavy atom. The van der Waals surface area contributed by atoms with Gasteiger partial charge in [0.2, 0.25) is 0 Å². The second kappa shape index (κ2) is 11.7. The number of methoxy groups -OCH3 is 1. The van der Waals surface area contributed by atoms with Gasteiger partial charge < -0.3 is 24.5 Å². The maximum Gasteiger partial charge on any atom is 2.00 e. The standard InChI is InChI=1S/C5H6O4.C4H6O2.Mg/c1-3(5(8)9)2-4(6)7;1-3-4(5)6-2;/h1-2H2,(H,6,7)(H,8,9);3H,1H2,2H3;/q;;+2/p-2. The third-order valence-electron chi connectivity index (χ3n) is 1.01. The number of hydrogen-bond acceptors (Lipinski definition) is 6. The number of esters is 1. The van der Waals surface area contributed by atoms with E-state index in [1.807, 2.05) is 0 Å². The van der Waals surface area contributed by atoms with Crippen molar-refractivity contribution in [2.75, 3.05) is 7.11 Å². The molecule has 0 rings (SSSR count). The first kappa shape index (κ1) is 20.1. The van der Waals surface area contributed by atoms with E-state index in [0.29, 0.717) is 0 Å². The van der Waals surface area contributed by atoms with Crippen LogP contribution in [0.25, 0.3) is 0 Å². The second-order valence-electron chi connectivity index (χ2n) is 2.17. The summed E-state index contributed by atoms with van der Waals surface area (Å²) in [6.07, 6.45) is 0.433. The van der Waals surface area contributed by atoms with Gasteiger partial charge in [0.25, 0.3) is 0 Å². The quantitative estimate of drug-likeness (QED) is 0.302. The van der Waals surface area contributed by atoms with Crippen molar-refractivity contribution in [3.05, 3.63) is 24.8 Å². The van der Waals surface area contributed by atoms with Crippen LogP contribution in [0.15, 0.2) is 24.8 Å². The molecule has 0 amide bonds. The fourth-order valence-electron chi connectivity index (χ4n) is 0.330. The molecule has 0 aromatic carbocycles. The normalized spacial score (nSPS) is 7.31. The van der Waals surface area contributed by atoms with Crippen molar-refractivity contribution in [3.8, 4) is 0 Å². The summed E-state index contributed by atoms with van der Waals surface area (Å²) in [7, 11) is 1.31. The van der Waals surface area contributed by atoms with E-state index < -0.39 is 29.9 Å². The van der Waals surface area contributed by atoms with Crippen LogP contribution in [0, 0.1) is 0 Å². The van der Waals surface area contributed by atoms with Crippen LogP contribution in [-0.4, -0.2) is 48.1 Å². The van der Waals surface area contributed by atoms with Crippen molar-refractivity contribution < 1.29 is 29.3 Å². The van der Waals surface area contributed by atoms with Crippen molar-refractivity contribution in [2.24, 2.45) is 0 Å². The molecule has 16 heavy (non-hydrogen) atoms. The molecule has 0 unspecified atom stereocenters. The van der Waals surface area contributed by atoms with Crippen LogP contribution in [-0.2, 0) is 19.1 Å². The Morgan fingerprint density at radius 2 is 1.75 bits per heavy atom. The summed E-state index contributed by atoms with van der Waals surface area (Å²) >= 11 is 0. The predicted molar refractivity (Wildman–Crippen MR) is 51.7 cm³/mol. The summed E-state index contributed by atoms with van der Waals surface area (Å²) in [5, 5.41) is 19.4. The Labute approximate surface area is 109 Å². The Kier molecular flexibility index (Phi) is 14.7. The molecule has 0 atom stereocenters. The number of rotatable bonds is 4. The monoisotopic (exact) mass is 238 g/mol. The van der Waals surface area contributed by atoms with Crippen molar-refractivity contribution in [1.29, 1.82) is 0 Å². The fourth-order valence-corrected chi connectivity index (χ4v) is 0.330. The van der Waals surface area contributed by atoms with Gasteiger partial charge in [0, 0.05) is 18.5 Å². The Balaban J connectivity index is -0.000000214. The minimum absolute atomic E-state index is 0. The number of carboxylic acids is 2. The summed E-state index contributed by atoms with van der Waals surface area (Å²) in [6.45, 7) is 6.07. The Morgan fingerprint density at radius 1 is 1.31 bits per heavy atom. The minimum atomic E-state index is -1.56. The van der Waals surface area contributed by atoms with Gasteiger partial charge in [0.15, 0.2) is 0 Å². The zero-order valence-electron chi connectivity index (χ0n) is 8.86. The maximum absolute atomic E-state index is 9.84. The molecule has 6 nitrogen and oxygen atoms in total. The van der Waals surface area contributed by atoms with Crippen molar-refractivity contribution in [3.63, 3.8) is 0 Å². The second-order valence-corrected chi connectivity index (χ2v) is 2.17. The van der Waals surface area contributed by atoms with Gasteiger partial charge in [0.05, 0.1) is 13.1 Å². The van der Waals surface area contributed by atoms with Gasteiger partial charge in [-0.25, -0.2) is 4.79 Å². The molecule has 0 aromatic rings. The van der Waals surface area contributed by atoms with Crippen LogP contribution in [0.4, 0.5) is 0 Å². The average molecular weight is 238 g/mol. The summed E-state index contributed by atoms with van der Waals surface area (Å²) in [5.74, 6) is -3.42. The SMILES string of the molecule is C=C(CC(=O)[O-])C(=O)[O-].C=CC(=O)OC.[Mg+2]. The molecule has 0 N–H and O–H groups in total. The molecule has 0 aromatic heterocycles. The van der Waals surface area contributed by atoms with Gasteiger partial charge in [-0.1, -0.05) is 13.2 Å². The molecule has 0 aliphatic rings. The van der Waals surface area contributed by atoms with Crippen molar-refractivity contribution in [1.82, 2.24) is 0 Å². The molecule has 0 bridgehead atoms. The van der Waals surface area contributed by atoms with Crippen LogP contribution in [0.3, 0.4) is 0 Å². The first-order valence-corrected chi connectivity index (χ1v) is 3.64. The van der Waals surface area contributed by atoms with E-state index in [9.17, 15) is 24.6 Å². The Hall–Kier alpha value is -1.34. The van der Waals surface area contributed by atoms with Crippen molar-refractivity contribution >= 4 is 41.0 Å². The van der Waals surface area contributed by atoms with E-state index >= 15 is 0 Å². The first-order chi connectivity index (χ1) is 6.84. The van der Waals surface area contributed by atoms with E-state index in [1.165, 1.54) is 7.11 Å². The third kappa shape index (κ3) is 15.1. The molecule has 84 valence electrons. The topological polar surface area (TPSA) is 107 Å². The smallest absolute Gasteiger partial charge is 0.550 e. The molecule has 0 spiro atoms. The predicted octanol–water partition coefficient (Wildman–Crippen LogP) is -2.60. The average Bonchev–Trinajstić information content (AvgIpc) is 2.16. The molecule has 0 aliphatic heterocycles. The minimum Gasteiger partial charge on any atom is -0.550 e. The number of carbonyl (C=O) groups excluding carboxylic acids is 3. The number of carboxylic acid groups (broad SMARTS) is 2. The van der Waals surface area contributed by atoms with Gasteiger partial charge in [0.1, 0.15) is 0 Å². The zero-order valence-corrected chi connectivity index (χ0v) is 10.3. The van der Waals surface area contributed by atoms with Crippen LogP contribution in [0.1, 0.15) is 6.42 Å². The first-order valence-electron chi connectivity index (χ1n) is 3.64. The van der Waals surface area contributed by atoms with E-state index in [1.54, 1.807) is 0 Å². The molecule has 0 aliphatic carbocycles. The van der Waals surface area contributed by atoms with E-state index in [0.717, 1.165) is 6.08 Å². The molecule has 0 saturated carbocycles. The number of carbonyl (C=O) groups is 3. The van der Waals surface area contributed by atoms with Gasteiger partial charge in [-0.05, 0) is 5.57 Å². The summed E-state index contributed by atoms with van der Waals surface area (Å²) in [5.41, 5.74) is -0.477. The van der Waals surface area contributed by atoms with E-state index in [-0.39, 0.29) is 23.1 Å². The number of hydrogen-bond donors (Lipinski definition) is 0. The number of ether oxygens (including phenoxy) is 1. The molecular weight excluding hydrogens is 228 g/mol. The van der Waals surface area contributed by atoms with Gasteiger partial charge in [-0.15, -0.1) is 0 Å². The number of aliphatic carboxylic acids is 2. The Bertz CT molecular complexity index is 284. The van der Waals surface area contributed by atoms with E-state index in [4.69, 9.17) is 0 Å². The van der Waals surface area contributed by atoms with Gasteiger partial charge >= 0.3 is 29.0 Å². The van der Waals surface area contributed by atoms with Crippen LogP contribution < -0.4 is 10.2 Å². The van der Waals surface area contributed by atoms with Crippen molar-refractivity contribution in [2.45, 2.75) is 6.42 Å². The molecule has 0 heterocycles. The summed E-state index contributed by atoms with van der Waals surface area (Å²) < 4.78 is 4.14. The molecule has 0 saturated heterocycles. The van der Waals surface area contributed by atoms with Crippen LogP contribution in [0.2, 0.25) is 0 Å². The largest absolute Gasteiger partial charge is 2.00 e. The van der Waals surface area contributed by atoms with E-state index in [2.05, 4.69) is 17.9 Å². The summed E-state index contributed by atoms with van der Waals surface area (Å²) in [6, 6.07) is 0. The van der Waals surface area contributed by atoms with Gasteiger partial charge in [-0.2, -0.15) is 0 Å². The van der Waals surface area contributed by atoms with Crippen LogP contribution >= 0.6 is 0 Å². The van der Waals surface area contributed by atoms with Gasteiger partial charge in [-0.3, -0.25) is 0 Å². The molecular formula is C9H10MgO6. The molecule has 7 heteroatoms. The van der Waals surface area contributed by atoms with Crippen LogP contribution in [0.5, 0.6) is 0 Å². The molecule has 0 fully saturated rings. The fraction of sp³-hybridized carbons (Fsp3) is 0.222. The maximum atomic E-state index is 9.84. The molecule has 0 radical (unpaired) electrons. The zero-order chi connectivity index (χ0) is 12.4. The third-order valence-corrected chi connectivity index (χ3v) is 1.01. The summed E-state index contributed by atoms with van der Waals surface area (Å²) in [4.78, 5) is 29.2.